The van der Waals surface area contributed by atoms with Crippen molar-refractivity contribution >= 4 is 11.9 Å². The Kier molecular flexibility index (Phi) is 13.8. The van der Waals surface area contributed by atoms with Gasteiger partial charge in [0, 0.05) is 0 Å². The molecule has 1 aliphatic rings. The van der Waals surface area contributed by atoms with Gasteiger partial charge in [-0.1, -0.05) is 64.5 Å². The number of hydrogen-bond donors (Lipinski definition) is 0. The fourth-order valence-corrected chi connectivity index (χ4v) is 3.41. The number of allylic oxidation sites excluding steroid dienone is 1. The van der Waals surface area contributed by atoms with E-state index in [1.54, 1.807) is 0 Å². The van der Waals surface area contributed by atoms with Gasteiger partial charge in [0.05, 0.1) is 12.8 Å². The fraction of sp³-hybridized carbons (Fsp3) is 0.826. The zero-order valence-electron chi connectivity index (χ0n) is 17.5. The molecule has 1 rings (SSSR count). The number of rotatable bonds is 14. The molecule has 1 saturated carbocycles. The molecule has 0 saturated heterocycles. The highest BCUT2D eigenvalue weighted by Gasteiger charge is 2.21. The highest BCUT2D eigenvalue weighted by Crippen LogP contribution is 2.25. The number of hydrogen-bond acceptors (Lipinski definition) is 4. The van der Waals surface area contributed by atoms with E-state index in [4.69, 9.17) is 9.47 Å². The van der Waals surface area contributed by atoms with Crippen LogP contribution in [0.3, 0.4) is 0 Å². The molecule has 0 aromatic rings. The van der Waals surface area contributed by atoms with Gasteiger partial charge in [0.2, 0.25) is 0 Å². The summed E-state index contributed by atoms with van der Waals surface area (Å²) in [5.41, 5.74) is 0. The molecule has 0 bridgehead atoms. The molecule has 1 fully saturated rings. The van der Waals surface area contributed by atoms with E-state index in [1.807, 2.05) is 6.08 Å². The maximum atomic E-state index is 11.8. The number of carbonyl (C=O) groups is 2. The van der Waals surface area contributed by atoms with Crippen LogP contribution in [0.2, 0.25) is 0 Å². The van der Waals surface area contributed by atoms with Crippen LogP contribution in [0.1, 0.15) is 104 Å². The molecular weight excluding hydrogens is 340 g/mol. The first-order chi connectivity index (χ1) is 13.1. The molecule has 4 heteroatoms. The Morgan fingerprint density at radius 1 is 0.852 bits per heavy atom. The first-order valence-electron chi connectivity index (χ1n) is 11.1. The van der Waals surface area contributed by atoms with Crippen molar-refractivity contribution in [2.75, 3.05) is 6.61 Å². The Morgan fingerprint density at radius 2 is 1.48 bits per heavy atom. The third-order valence-corrected chi connectivity index (χ3v) is 5.28. The molecule has 0 aromatic carbocycles. The van der Waals surface area contributed by atoms with E-state index in [-0.39, 0.29) is 30.9 Å². The summed E-state index contributed by atoms with van der Waals surface area (Å²) < 4.78 is 10.6. The molecule has 0 heterocycles. The molecule has 0 spiro atoms. The van der Waals surface area contributed by atoms with Gasteiger partial charge < -0.3 is 9.47 Å². The predicted molar refractivity (Wildman–Crippen MR) is 109 cm³/mol. The second-order valence-electron chi connectivity index (χ2n) is 7.94. The molecule has 0 aromatic heterocycles. The second-order valence-corrected chi connectivity index (χ2v) is 7.94. The van der Waals surface area contributed by atoms with E-state index in [2.05, 4.69) is 19.9 Å². The molecule has 0 atom stereocenters. The summed E-state index contributed by atoms with van der Waals surface area (Å²) in [6.45, 7) is 4.77. The molecule has 0 amide bonds. The van der Waals surface area contributed by atoms with Gasteiger partial charge in [0.15, 0.2) is 0 Å². The van der Waals surface area contributed by atoms with E-state index in [9.17, 15) is 9.59 Å². The Labute approximate surface area is 166 Å². The summed E-state index contributed by atoms with van der Waals surface area (Å²) in [6.07, 6.45) is 18.5. The van der Waals surface area contributed by atoms with Crippen molar-refractivity contribution in [3.8, 4) is 0 Å². The molecular formula is C23H40O4. The van der Waals surface area contributed by atoms with Crippen molar-refractivity contribution < 1.29 is 19.1 Å². The minimum Gasteiger partial charge on any atom is -0.462 e. The predicted octanol–water partition coefficient (Wildman–Crippen LogP) is 6.13. The zero-order valence-corrected chi connectivity index (χ0v) is 17.5. The minimum atomic E-state index is -0.329. The Hall–Kier alpha value is -1.32. The Bertz CT molecular complexity index is 422. The maximum Gasteiger partial charge on any atom is 0.306 e. The van der Waals surface area contributed by atoms with Crippen molar-refractivity contribution in [3.05, 3.63) is 12.2 Å². The van der Waals surface area contributed by atoms with Crippen molar-refractivity contribution in [2.24, 2.45) is 5.92 Å². The molecule has 0 radical (unpaired) electrons. The van der Waals surface area contributed by atoms with Crippen LogP contribution in [0.5, 0.6) is 0 Å². The van der Waals surface area contributed by atoms with Gasteiger partial charge in [-0.05, 0) is 44.4 Å². The third-order valence-electron chi connectivity index (χ3n) is 5.28. The lowest BCUT2D eigenvalue weighted by molar-refractivity contribution is -0.154. The highest BCUT2D eigenvalue weighted by molar-refractivity contribution is 5.77. The lowest BCUT2D eigenvalue weighted by Gasteiger charge is -2.25. The van der Waals surface area contributed by atoms with Gasteiger partial charge >= 0.3 is 11.9 Å². The zero-order chi connectivity index (χ0) is 19.7. The largest absolute Gasteiger partial charge is 0.462 e. The third kappa shape index (κ3) is 13.5. The topological polar surface area (TPSA) is 52.6 Å². The van der Waals surface area contributed by atoms with Crippen LogP contribution in [0, 0.1) is 5.92 Å². The van der Waals surface area contributed by atoms with Crippen LogP contribution in [0.15, 0.2) is 12.2 Å². The molecule has 156 valence electrons. The van der Waals surface area contributed by atoms with Gasteiger partial charge in [0.1, 0.15) is 12.7 Å². The van der Waals surface area contributed by atoms with Crippen molar-refractivity contribution in [2.45, 2.75) is 110 Å². The highest BCUT2D eigenvalue weighted by atomic mass is 16.5. The standard InChI is InChI=1S/C23H40O4/c1-3-4-5-6-7-8-9-10-11-12-19-26-22(24)17-18-23(25)27-21-15-13-20(2)14-16-21/h11-12,20-21H,3-10,13-19H2,1-2H3/b12-11-. The molecule has 27 heavy (non-hydrogen) atoms. The van der Waals surface area contributed by atoms with Gasteiger partial charge in [-0.2, -0.15) is 0 Å². The normalized spacial score (nSPS) is 19.9. The van der Waals surface area contributed by atoms with E-state index in [1.165, 1.54) is 44.9 Å². The lowest BCUT2D eigenvalue weighted by atomic mass is 9.89. The molecule has 4 nitrogen and oxygen atoms in total. The van der Waals surface area contributed by atoms with Crippen LogP contribution >= 0.6 is 0 Å². The molecule has 1 aliphatic carbocycles. The van der Waals surface area contributed by atoms with Crippen molar-refractivity contribution in [1.82, 2.24) is 0 Å². The second kappa shape index (κ2) is 15.7. The Morgan fingerprint density at radius 3 is 2.19 bits per heavy atom. The Balaban J connectivity index is 1.93. The van der Waals surface area contributed by atoms with Gasteiger partial charge in [-0.15, -0.1) is 0 Å². The van der Waals surface area contributed by atoms with E-state index in [0.29, 0.717) is 6.61 Å². The van der Waals surface area contributed by atoms with Crippen LogP contribution in [-0.4, -0.2) is 24.6 Å². The average molecular weight is 381 g/mol. The fourth-order valence-electron chi connectivity index (χ4n) is 3.41. The van der Waals surface area contributed by atoms with Gasteiger partial charge in [0.25, 0.3) is 0 Å². The summed E-state index contributed by atoms with van der Waals surface area (Å²) in [5.74, 6) is 0.125. The number of esters is 2. The van der Waals surface area contributed by atoms with Gasteiger partial charge in [-0.25, -0.2) is 0 Å². The van der Waals surface area contributed by atoms with Crippen molar-refractivity contribution in [3.63, 3.8) is 0 Å². The molecule has 0 unspecified atom stereocenters. The van der Waals surface area contributed by atoms with Crippen LogP contribution in [0.25, 0.3) is 0 Å². The maximum absolute atomic E-state index is 11.8. The van der Waals surface area contributed by atoms with Gasteiger partial charge in [-0.3, -0.25) is 9.59 Å². The smallest absolute Gasteiger partial charge is 0.306 e. The van der Waals surface area contributed by atoms with Crippen LogP contribution < -0.4 is 0 Å². The molecule has 0 N–H and O–H groups in total. The summed E-state index contributed by atoms with van der Waals surface area (Å²) in [5, 5.41) is 0. The number of ether oxygens (including phenoxy) is 2. The summed E-state index contributed by atoms with van der Waals surface area (Å²) in [4.78, 5) is 23.5. The number of carbonyl (C=O) groups excluding carboxylic acids is 2. The van der Waals surface area contributed by atoms with Crippen molar-refractivity contribution in [1.29, 1.82) is 0 Å². The van der Waals surface area contributed by atoms with E-state index < -0.39 is 0 Å². The average Bonchev–Trinajstić information content (AvgIpc) is 2.66. The summed E-state index contributed by atoms with van der Waals surface area (Å²) >= 11 is 0. The lowest BCUT2D eigenvalue weighted by Crippen LogP contribution is -2.24. The quantitative estimate of drug-likeness (QED) is 0.207. The first kappa shape index (κ1) is 23.7. The monoisotopic (exact) mass is 380 g/mol. The number of unbranched alkanes of at least 4 members (excludes halogenated alkanes) is 7. The van der Waals surface area contributed by atoms with E-state index in [0.717, 1.165) is 38.0 Å². The van der Waals surface area contributed by atoms with E-state index >= 15 is 0 Å². The summed E-state index contributed by atoms with van der Waals surface area (Å²) in [6, 6.07) is 0. The van der Waals surface area contributed by atoms with Crippen LogP contribution in [-0.2, 0) is 19.1 Å². The molecule has 0 aliphatic heterocycles. The first-order valence-corrected chi connectivity index (χ1v) is 11.1. The SMILES string of the molecule is CCCCCCCCC/C=C\COC(=O)CCC(=O)OC1CCC(C)CC1. The van der Waals surface area contributed by atoms with Crippen LogP contribution in [0.4, 0.5) is 0 Å². The summed E-state index contributed by atoms with van der Waals surface area (Å²) in [7, 11) is 0. The minimum absolute atomic E-state index is 0.0410.